The first kappa shape index (κ1) is 18.7. The number of carbonyl (C=O) groups excluding carboxylic acids is 1. The van der Waals surface area contributed by atoms with Crippen molar-refractivity contribution in [1.29, 1.82) is 0 Å². The lowest BCUT2D eigenvalue weighted by atomic mass is 10.0. The second-order valence-electron chi connectivity index (χ2n) is 6.90. The van der Waals surface area contributed by atoms with Crippen molar-refractivity contribution in [2.45, 2.75) is 25.8 Å². The van der Waals surface area contributed by atoms with E-state index in [2.05, 4.69) is 16.9 Å². The fraction of sp³-hybridized carbons (Fsp3) is 0.227. The monoisotopic (exact) mass is 391 g/mol. The lowest BCUT2D eigenvalue weighted by molar-refractivity contribution is -0.118. The number of aryl methyl sites for hydroxylation is 1. The minimum Gasteiger partial charge on any atom is -0.508 e. The molecule has 2 N–H and O–H groups in total. The van der Waals surface area contributed by atoms with Crippen LogP contribution in [0.3, 0.4) is 0 Å². The number of phenols is 1. The third-order valence-corrected chi connectivity index (χ3v) is 4.91. The Morgan fingerprint density at radius 2 is 2.07 bits per heavy atom. The summed E-state index contributed by atoms with van der Waals surface area (Å²) in [5.74, 6) is 1.06. The van der Waals surface area contributed by atoms with Gasteiger partial charge in [0.2, 0.25) is 0 Å². The molecule has 1 amide bonds. The number of amides is 1. The third-order valence-electron chi connectivity index (χ3n) is 4.91. The summed E-state index contributed by atoms with van der Waals surface area (Å²) < 4.78 is 7.46. The number of allylic oxidation sites excluding steroid dienone is 1. The maximum atomic E-state index is 13.0. The smallest absolute Gasteiger partial charge is 0.262 e. The zero-order valence-electron chi connectivity index (χ0n) is 15.9. The highest BCUT2D eigenvalue weighted by Crippen LogP contribution is 2.27. The molecule has 0 aliphatic carbocycles. The first-order chi connectivity index (χ1) is 14.1. The highest BCUT2D eigenvalue weighted by Gasteiger charge is 2.20. The van der Waals surface area contributed by atoms with Crippen LogP contribution in [0.15, 0.2) is 53.8 Å². The van der Waals surface area contributed by atoms with Crippen LogP contribution in [0.5, 0.6) is 11.5 Å². The number of hydrogen-bond acceptors (Lipinski definition) is 5. The van der Waals surface area contributed by atoms with Gasteiger partial charge in [0.1, 0.15) is 17.3 Å². The van der Waals surface area contributed by atoms with Gasteiger partial charge in [-0.2, -0.15) is 0 Å². The molecule has 148 valence electrons. The number of hydrogen-bond donors (Lipinski definition) is 2. The lowest BCUT2D eigenvalue weighted by Crippen LogP contribution is -2.23. The van der Waals surface area contributed by atoms with Crippen molar-refractivity contribution in [2.75, 3.05) is 11.9 Å². The van der Waals surface area contributed by atoms with Gasteiger partial charge in [0.15, 0.2) is 6.61 Å². The highest BCUT2D eigenvalue weighted by atomic mass is 16.5. The normalized spacial score (nSPS) is 12.6. The van der Waals surface area contributed by atoms with Crippen LogP contribution in [0.1, 0.15) is 17.8 Å². The molecule has 0 radical (unpaired) electrons. The van der Waals surface area contributed by atoms with Crippen LogP contribution in [0.4, 0.5) is 5.69 Å². The maximum absolute atomic E-state index is 13.0. The zero-order chi connectivity index (χ0) is 20.4. The molecule has 0 saturated carbocycles. The van der Waals surface area contributed by atoms with Crippen LogP contribution < -0.4 is 15.6 Å². The highest BCUT2D eigenvalue weighted by molar-refractivity contribution is 5.92. The molecule has 0 spiro atoms. The molecule has 0 saturated heterocycles. The molecular weight excluding hydrogens is 370 g/mol. The largest absolute Gasteiger partial charge is 0.508 e. The maximum Gasteiger partial charge on any atom is 0.262 e. The van der Waals surface area contributed by atoms with E-state index in [0.29, 0.717) is 40.9 Å². The Labute approximate surface area is 167 Å². The van der Waals surface area contributed by atoms with Crippen molar-refractivity contribution < 1.29 is 14.6 Å². The standard InChI is InChI=1S/C22H21N3O4/c1-2-4-16-18(29-13-20(27)23-14-6-8-15(26)9-7-14)11-10-17-21(16)22(28)25-12-3-5-19(25)24-17/h2,6-11,26H,1,3-5,12-13H2,(H,23,27). The molecule has 2 aromatic carbocycles. The fourth-order valence-corrected chi connectivity index (χ4v) is 3.58. The van der Waals surface area contributed by atoms with E-state index in [1.807, 2.05) is 0 Å². The van der Waals surface area contributed by atoms with Crippen LogP contribution in [0.2, 0.25) is 0 Å². The van der Waals surface area contributed by atoms with Crippen LogP contribution in [-0.2, 0) is 24.2 Å². The Balaban J connectivity index is 1.60. The number of phenolic OH excluding ortho intramolecular Hbond substituents is 1. The van der Waals surface area contributed by atoms with Crippen LogP contribution in [0, 0.1) is 0 Å². The molecule has 29 heavy (non-hydrogen) atoms. The van der Waals surface area contributed by atoms with E-state index in [9.17, 15) is 14.7 Å². The van der Waals surface area contributed by atoms with Gasteiger partial charge in [-0.3, -0.25) is 14.2 Å². The SMILES string of the molecule is C=CCc1c(OCC(=O)Nc2ccc(O)cc2)ccc2nc3n(c(=O)c12)CCC3. The average Bonchev–Trinajstić information content (AvgIpc) is 3.18. The van der Waals surface area contributed by atoms with Crippen molar-refractivity contribution in [1.82, 2.24) is 9.55 Å². The van der Waals surface area contributed by atoms with Crippen molar-refractivity contribution in [2.24, 2.45) is 0 Å². The van der Waals surface area contributed by atoms with Crippen molar-refractivity contribution in [3.05, 3.63) is 70.8 Å². The molecule has 0 unspecified atom stereocenters. The number of fused-ring (bicyclic) bond motifs is 2. The van der Waals surface area contributed by atoms with Gasteiger partial charge in [0.05, 0.1) is 10.9 Å². The number of nitrogens with zero attached hydrogens (tertiary/aromatic N) is 2. The first-order valence-corrected chi connectivity index (χ1v) is 9.44. The van der Waals surface area contributed by atoms with Gasteiger partial charge in [-0.25, -0.2) is 4.98 Å². The van der Waals surface area contributed by atoms with Gasteiger partial charge in [0, 0.05) is 24.2 Å². The summed E-state index contributed by atoms with van der Waals surface area (Å²) in [5.41, 5.74) is 1.81. The number of nitrogens with one attached hydrogen (secondary N) is 1. The van der Waals surface area contributed by atoms with Crippen molar-refractivity contribution in [3.63, 3.8) is 0 Å². The predicted octanol–water partition coefficient (Wildman–Crippen LogP) is 2.79. The second-order valence-corrected chi connectivity index (χ2v) is 6.90. The summed E-state index contributed by atoms with van der Waals surface area (Å²) in [5, 5.41) is 12.5. The molecule has 0 fully saturated rings. The van der Waals surface area contributed by atoms with Crippen molar-refractivity contribution in [3.8, 4) is 11.5 Å². The number of rotatable bonds is 6. The summed E-state index contributed by atoms with van der Waals surface area (Å²) in [6.07, 6.45) is 3.85. The molecule has 7 heteroatoms. The number of anilines is 1. The summed E-state index contributed by atoms with van der Waals surface area (Å²) in [4.78, 5) is 29.9. The Morgan fingerprint density at radius 1 is 1.28 bits per heavy atom. The minimum absolute atomic E-state index is 0.0710. The molecule has 1 aliphatic rings. The van der Waals surface area contributed by atoms with Gasteiger partial charge < -0.3 is 15.2 Å². The molecule has 0 bridgehead atoms. The van der Waals surface area contributed by atoms with E-state index in [4.69, 9.17) is 4.74 Å². The van der Waals surface area contributed by atoms with E-state index in [1.165, 1.54) is 12.1 Å². The molecular formula is C22H21N3O4. The zero-order valence-corrected chi connectivity index (χ0v) is 15.9. The third kappa shape index (κ3) is 3.71. The number of carbonyl (C=O) groups is 1. The average molecular weight is 391 g/mol. The van der Waals surface area contributed by atoms with E-state index >= 15 is 0 Å². The van der Waals surface area contributed by atoms with E-state index < -0.39 is 0 Å². The van der Waals surface area contributed by atoms with E-state index in [1.54, 1.807) is 34.9 Å². The van der Waals surface area contributed by atoms with Crippen molar-refractivity contribution >= 4 is 22.5 Å². The Morgan fingerprint density at radius 3 is 2.83 bits per heavy atom. The summed E-state index contributed by atoms with van der Waals surface area (Å²) in [6.45, 7) is 4.24. The number of aromatic nitrogens is 2. The molecule has 7 nitrogen and oxygen atoms in total. The van der Waals surface area contributed by atoms with Gasteiger partial charge in [-0.05, 0) is 49.2 Å². The molecule has 2 heterocycles. The number of ether oxygens (including phenoxy) is 1. The van der Waals surface area contributed by atoms with E-state index in [0.717, 1.165) is 18.7 Å². The van der Waals surface area contributed by atoms with Gasteiger partial charge >= 0.3 is 0 Å². The first-order valence-electron chi connectivity index (χ1n) is 9.44. The summed E-state index contributed by atoms with van der Waals surface area (Å²) in [6, 6.07) is 9.67. The second kappa shape index (κ2) is 7.79. The Hall–Kier alpha value is -3.61. The Bertz CT molecular complexity index is 1150. The summed E-state index contributed by atoms with van der Waals surface area (Å²) in [7, 11) is 0. The molecule has 0 atom stereocenters. The lowest BCUT2D eigenvalue weighted by Gasteiger charge is -2.14. The molecule has 4 rings (SSSR count). The van der Waals surface area contributed by atoms with Gasteiger partial charge in [-0.1, -0.05) is 6.08 Å². The van der Waals surface area contributed by atoms with E-state index in [-0.39, 0.29) is 23.8 Å². The number of benzene rings is 2. The van der Waals surface area contributed by atoms with Crippen LogP contribution in [0.25, 0.3) is 10.9 Å². The predicted molar refractivity (Wildman–Crippen MR) is 110 cm³/mol. The topological polar surface area (TPSA) is 93.4 Å². The quantitative estimate of drug-likeness (QED) is 0.498. The molecule has 1 aromatic heterocycles. The minimum atomic E-state index is -0.343. The number of aromatic hydroxyl groups is 1. The van der Waals surface area contributed by atoms with Gasteiger partial charge in [-0.15, -0.1) is 6.58 Å². The van der Waals surface area contributed by atoms with Crippen LogP contribution >= 0.6 is 0 Å². The van der Waals surface area contributed by atoms with Crippen LogP contribution in [-0.4, -0.2) is 27.2 Å². The summed E-state index contributed by atoms with van der Waals surface area (Å²) >= 11 is 0. The Kier molecular flexibility index (Phi) is 5.03. The molecule has 3 aromatic rings. The fourth-order valence-electron chi connectivity index (χ4n) is 3.58. The molecule has 1 aliphatic heterocycles. The van der Waals surface area contributed by atoms with Gasteiger partial charge in [0.25, 0.3) is 11.5 Å².